The van der Waals surface area contributed by atoms with Gasteiger partial charge in [-0.25, -0.2) is 5.11 Å². The molecule has 2 nitrogen and oxygen atoms in total. The largest absolute Gasteiger partial charge is 0.350 e. The molecule has 0 amide bonds. The second kappa shape index (κ2) is 8.48. The van der Waals surface area contributed by atoms with Gasteiger partial charge in [0.25, 0.3) is 0 Å². The van der Waals surface area contributed by atoms with Gasteiger partial charge in [-0.3, -0.25) is 0 Å². The summed E-state index contributed by atoms with van der Waals surface area (Å²) in [5.74, 6) is 0. The normalized spacial score (nSPS) is 11.1. The van der Waals surface area contributed by atoms with Crippen molar-refractivity contribution in [2.24, 2.45) is 0 Å². The summed E-state index contributed by atoms with van der Waals surface area (Å²) in [6, 6.07) is 10.0. The average molecular weight is 193 g/mol. The molecule has 0 heterocycles. The van der Waals surface area contributed by atoms with Crippen molar-refractivity contribution in [1.82, 2.24) is 0 Å². The minimum Gasteiger partial charge on any atom is -0.350 e. The van der Waals surface area contributed by atoms with E-state index < -0.39 is 6.29 Å². The first-order chi connectivity index (χ1) is 6.70. The van der Waals surface area contributed by atoms with Crippen LogP contribution in [0.2, 0.25) is 0 Å². The molecule has 0 fully saturated rings. The van der Waals surface area contributed by atoms with Gasteiger partial charge in [0.05, 0.1) is 0 Å². The molecule has 0 bridgehead atoms. The van der Waals surface area contributed by atoms with E-state index in [1.165, 1.54) is 12.5 Å². The molecule has 1 unspecified atom stereocenters. The topological polar surface area (TPSA) is 29.1 Å². The van der Waals surface area contributed by atoms with Crippen LogP contribution in [-0.2, 0) is 9.84 Å². The van der Waals surface area contributed by atoms with Crippen molar-refractivity contribution in [3.63, 3.8) is 0 Å². The molecule has 2 heteroatoms. The van der Waals surface area contributed by atoms with Gasteiger partial charge in [0.1, 0.15) is 0 Å². The van der Waals surface area contributed by atoms with Crippen LogP contribution in [0.3, 0.4) is 0 Å². The van der Waals surface area contributed by atoms with Gasteiger partial charge in [-0.05, 0) is 19.4 Å². The van der Waals surface area contributed by atoms with E-state index in [9.17, 15) is 5.11 Å². The Morgan fingerprint density at radius 2 is 2.00 bits per heavy atom. The maximum atomic E-state index is 9.90. The zero-order valence-corrected chi connectivity index (χ0v) is 8.77. The molecular formula is C12H17O2. The van der Waals surface area contributed by atoms with Crippen LogP contribution in [0, 0.1) is 0 Å². The Morgan fingerprint density at radius 1 is 1.43 bits per heavy atom. The van der Waals surface area contributed by atoms with Crippen LogP contribution in [-0.4, -0.2) is 12.9 Å². The first-order valence-corrected chi connectivity index (χ1v) is 4.65. The molecule has 0 saturated heterocycles. The molecule has 1 radical (unpaired) electrons. The summed E-state index contributed by atoms with van der Waals surface area (Å²) in [5.41, 5.74) is 1.17. The smallest absolute Gasteiger partial charge is 0.188 e. The number of ether oxygens (including phenoxy) is 1. The van der Waals surface area contributed by atoms with Crippen molar-refractivity contribution in [3.05, 3.63) is 42.5 Å². The van der Waals surface area contributed by atoms with E-state index in [0.29, 0.717) is 6.61 Å². The summed E-state index contributed by atoms with van der Waals surface area (Å²) < 4.78 is 4.49. The summed E-state index contributed by atoms with van der Waals surface area (Å²) in [4.78, 5) is 0. The van der Waals surface area contributed by atoms with Crippen LogP contribution in [0.1, 0.15) is 19.4 Å². The first kappa shape index (κ1) is 12.9. The van der Waals surface area contributed by atoms with E-state index in [4.69, 9.17) is 0 Å². The van der Waals surface area contributed by atoms with Gasteiger partial charge in [0.2, 0.25) is 0 Å². The van der Waals surface area contributed by atoms with E-state index >= 15 is 0 Å². The van der Waals surface area contributed by atoms with Gasteiger partial charge >= 0.3 is 0 Å². The Labute approximate surface area is 85.8 Å². The van der Waals surface area contributed by atoms with Gasteiger partial charge in [-0.2, -0.15) is 0 Å². The van der Waals surface area contributed by atoms with Crippen LogP contribution in [0.5, 0.6) is 0 Å². The third kappa shape index (κ3) is 7.53. The average Bonchev–Trinajstić information content (AvgIpc) is 2.20. The Bertz CT molecular complexity index is 229. The molecule has 1 rings (SSSR count). The molecular weight excluding hydrogens is 176 g/mol. The fraction of sp³-hybridized carbons (Fsp3) is 0.333. The zero-order valence-electron chi connectivity index (χ0n) is 8.77. The van der Waals surface area contributed by atoms with Crippen molar-refractivity contribution >= 4 is 6.08 Å². The van der Waals surface area contributed by atoms with Crippen LogP contribution in [0.15, 0.2) is 36.9 Å². The highest BCUT2D eigenvalue weighted by Crippen LogP contribution is 1.97. The molecule has 1 aromatic carbocycles. The molecule has 1 atom stereocenters. The summed E-state index contributed by atoms with van der Waals surface area (Å²) in [6.07, 6.45) is 0.981. The van der Waals surface area contributed by atoms with E-state index in [0.717, 1.165) is 0 Å². The van der Waals surface area contributed by atoms with Gasteiger partial charge in [-0.15, -0.1) is 0 Å². The second-order valence-corrected chi connectivity index (χ2v) is 2.64. The SMILES string of the molecule is C=Cc1ccccc1.CCOC(C)[O]. The highest BCUT2D eigenvalue weighted by Gasteiger charge is 1.88. The summed E-state index contributed by atoms with van der Waals surface area (Å²) in [5, 5.41) is 9.90. The lowest BCUT2D eigenvalue weighted by atomic mass is 10.2. The Balaban J connectivity index is 0.000000255. The molecule has 0 aliphatic rings. The molecule has 77 valence electrons. The molecule has 1 aromatic rings. The highest BCUT2D eigenvalue weighted by molar-refractivity contribution is 5.45. The quantitative estimate of drug-likeness (QED) is 0.678. The summed E-state index contributed by atoms with van der Waals surface area (Å²) >= 11 is 0. The molecule has 0 spiro atoms. The van der Waals surface area contributed by atoms with Crippen molar-refractivity contribution < 1.29 is 9.84 Å². The van der Waals surface area contributed by atoms with Crippen molar-refractivity contribution in [1.29, 1.82) is 0 Å². The fourth-order valence-electron chi connectivity index (χ4n) is 0.824. The molecule has 14 heavy (non-hydrogen) atoms. The van der Waals surface area contributed by atoms with Crippen LogP contribution >= 0.6 is 0 Å². The van der Waals surface area contributed by atoms with Crippen molar-refractivity contribution in [3.8, 4) is 0 Å². The molecule has 0 aliphatic heterocycles. The Kier molecular flexibility index (Phi) is 7.80. The van der Waals surface area contributed by atoms with Crippen LogP contribution < -0.4 is 0 Å². The Morgan fingerprint density at radius 3 is 2.21 bits per heavy atom. The van der Waals surface area contributed by atoms with E-state index in [1.54, 1.807) is 6.92 Å². The maximum absolute atomic E-state index is 9.90. The fourth-order valence-corrected chi connectivity index (χ4v) is 0.824. The summed E-state index contributed by atoms with van der Waals surface area (Å²) in [7, 11) is 0. The van der Waals surface area contributed by atoms with Crippen molar-refractivity contribution in [2.75, 3.05) is 6.61 Å². The lowest BCUT2D eigenvalue weighted by molar-refractivity contribution is -0.122. The minimum absolute atomic E-state index is 0.519. The second-order valence-electron chi connectivity index (χ2n) is 2.64. The monoisotopic (exact) mass is 193 g/mol. The van der Waals surface area contributed by atoms with E-state index in [-0.39, 0.29) is 0 Å². The van der Waals surface area contributed by atoms with Gasteiger partial charge < -0.3 is 4.74 Å². The number of rotatable bonds is 3. The van der Waals surface area contributed by atoms with Crippen LogP contribution in [0.25, 0.3) is 6.08 Å². The minimum atomic E-state index is -0.852. The number of hydrogen-bond acceptors (Lipinski definition) is 1. The van der Waals surface area contributed by atoms with E-state index in [1.807, 2.05) is 36.4 Å². The van der Waals surface area contributed by atoms with E-state index in [2.05, 4.69) is 11.3 Å². The molecule has 0 N–H and O–H groups in total. The summed E-state index contributed by atoms with van der Waals surface area (Å²) in [6.45, 7) is 7.43. The van der Waals surface area contributed by atoms with Crippen molar-refractivity contribution in [2.45, 2.75) is 20.1 Å². The number of hydrogen-bond donors (Lipinski definition) is 0. The molecule has 0 aliphatic carbocycles. The zero-order chi connectivity index (χ0) is 10.8. The standard InChI is InChI=1S/C8H8.C4H9O2/c1-2-8-6-4-3-5-7-8;1-3-6-4(2)5/h2-7H,1H2;4H,3H2,1-2H3. The maximum Gasteiger partial charge on any atom is 0.188 e. The third-order valence-corrected chi connectivity index (χ3v) is 1.44. The van der Waals surface area contributed by atoms with Gasteiger partial charge in [0.15, 0.2) is 6.29 Å². The number of benzene rings is 1. The van der Waals surface area contributed by atoms with Gasteiger partial charge in [0, 0.05) is 6.61 Å². The van der Waals surface area contributed by atoms with Gasteiger partial charge in [-0.1, -0.05) is 43.0 Å². The highest BCUT2D eigenvalue weighted by atomic mass is 16.6. The van der Waals surface area contributed by atoms with Crippen LogP contribution in [0.4, 0.5) is 0 Å². The third-order valence-electron chi connectivity index (χ3n) is 1.44. The molecule has 0 saturated carbocycles. The first-order valence-electron chi connectivity index (χ1n) is 4.65. The molecule has 0 aromatic heterocycles. The predicted octanol–water partition coefficient (Wildman–Crippen LogP) is 3.13. The Hall–Kier alpha value is -1.12. The lowest BCUT2D eigenvalue weighted by Gasteiger charge is -1.96. The predicted molar refractivity (Wildman–Crippen MR) is 58.3 cm³/mol. The lowest BCUT2D eigenvalue weighted by Crippen LogP contribution is -2.02.